The van der Waals surface area contributed by atoms with Crippen LogP contribution < -0.4 is 0 Å². The molecule has 0 bridgehead atoms. The molecule has 0 aromatic carbocycles. The van der Waals surface area contributed by atoms with Crippen LogP contribution in [0.15, 0.2) is 0 Å². The van der Waals surface area contributed by atoms with Crippen LogP contribution in [0.5, 0.6) is 0 Å². The van der Waals surface area contributed by atoms with E-state index in [1.54, 1.807) is 0 Å². The molecule has 0 saturated heterocycles. The molecule has 0 aliphatic carbocycles. The molecule has 0 saturated carbocycles. The minimum Gasteiger partial charge on any atom is -0.469 e. The highest BCUT2D eigenvalue weighted by Gasteiger charge is 2.05. The summed E-state index contributed by atoms with van der Waals surface area (Å²) in [5.74, 6) is 0.496. The normalized spacial score (nSPS) is 12.9. The average molecular weight is 202 g/mol. The maximum atomic E-state index is 10.8. The van der Waals surface area contributed by atoms with E-state index in [4.69, 9.17) is 4.74 Å². The molecule has 14 heavy (non-hydrogen) atoms. The maximum Gasteiger partial charge on any atom is 0.305 e. The lowest BCUT2D eigenvalue weighted by atomic mass is 10.1. The third kappa shape index (κ3) is 8.05. The molecule has 3 heteroatoms. The van der Waals surface area contributed by atoms with Crippen molar-refractivity contribution in [2.45, 2.75) is 46.1 Å². The van der Waals surface area contributed by atoms with Gasteiger partial charge in [0.1, 0.15) is 0 Å². The number of ether oxygens (including phenoxy) is 2. The highest BCUT2D eigenvalue weighted by molar-refractivity contribution is 5.68. The van der Waals surface area contributed by atoms with E-state index in [-0.39, 0.29) is 12.1 Å². The molecule has 0 aliphatic heterocycles. The van der Waals surface area contributed by atoms with Crippen LogP contribution in [-0.4, -0.2) is 25.8 Å². The minimum atomic E-state index is -0.162. The van der Waals surface area contributed by atoms with E-state index < -0.39 is 0 Å². The van der Waals surface area contributed by atoms with Gasteiger partial charge in [-0.05, 0) is 25.7 Å². The Bertz CT molecular complexity index is 155. The van der Waals surface area contributed by atoms with Crippen molar-refractivity contribution in [2.24, 2.45) is 5.92 Å². The predicted octanol–water partition coefficient (Wildman–Crippen LogP) is 2.39. The fraction of sp³-hybridized carbons (Fsp3) is 0.909. The van der Waals surface area contributed by atoms with E-state index in [0.29, 0.717) is 18.9 Å². The summed E-state index contributed by atoms with van der Waals surface area (Å²) in [5.41, 5.74) is 0. The predicted molar refractivity (Wildman–Crippen MR) is 56.1 cm³/mol. The zero-order valence-electron chi connectivity index (χ0n) is 9.71. The van der Waals surface area contributed by atoms with Gasteiger partial charge < -0.3 is 9.47 Å². The molecule has 3 nitrogen and oxygen atoms in total. The van der Waals surface area contributed by atoms with Gasteiger partial charge in [-0.15, -0.1) is 0 Å². The summed E-state index contributed by atoms with van der Waals surface area (Å²) >= 11 is 0. The van der Waals surface area contributed by atoms with Crippen molar-refractivity contribution in [3.63, 3.8) is 0 Å². The summed E-state index contributed by atoms with van der Waals surface area (Å²) in [7, 11) is 1.41. The molecule has 0 rings (SSSR count). The van der Waals surface area contributed by atoms with Crippen LogP contribution in [0.2, 0.25) is 0 Å². The fourth-order valence-electron chi connectivity index (χ4n) is 1.33. The summed E-state index contributed by atoms with van der Waals surface area (Å²) in [6.45, 7) is 7.06. The van der Waals surface area contributed by atoms with Crippen LogP contribution in [0, 0.1) is 5.92 Å². The number of rotatable bonds is 7. The number of carbonyl (C=O) groups excluding carboxylic acids is 1. The second kappa shape index (κ2) is 7.80. The first-order chi connectivity index (χ1) is 6.56. The Balaban J connectivity index is 3.31. The van der Waals surface area contributed by atoms with Crippen LogP contribution in [0.4, 0.5) is 0 Å². The van der Waals surface area contributed by atoms with Gasteiger partial charge in [0.05, 0.1) is 13.2 Å². The van der Waals surface area contributed by atoms with Crippen molar-refractivity contribution in [1.29, 1.82) is 0 Å². The van der Waals surface area contributed by atoms with Crippen LogP contribution >= 0.6 is 0 Å². The van der Waals surface area contributed by atoms with Gasteiger partial charge in [0, 0.05) is 13.0 Å². The van der Waals surface area contributed by atoms with Crippen molar-refractivity contribution < 1.29 is 14.3 Å². The van der Waals surface area contributed by atoms with Gasteiger partial charge in [0.15, 0.2) is 0 Å². The fourth-order valence-corrected chi connectivity index (χ4v) is 1.33. The van der Waals surface area contributed by atoms with Crippen molar-refractivity contribution in [1.82, 2.24) is 0 Å². The Morgan fingerprint density at radius 2 is 1.93 bits per heavy atom. The van der Waals surface area contributed by atoms with Crippen molar-refractivity contribution >= 4 is 5.97 Å². The Morgan fingerprint density at radius 1 is 1.29 bits per heavy atom. The van der Waals surface area contributed by atoms with E-state index in [9.17, 15) is 4.79 Å². The van der Waals surface area contributed by atoms with Crippen LogP contribution in [-0.2, 0) is 14.3 Å². The van der Waals surface area contributed by atoms with Crippen LogP contribution in [0.1, 0.15) is 40.0 Å². The smallest absolute Gasteiger partial charge is 0.305 e. The Hall–Kier alpha value is -0.570. The van der Waals surface area contributed by atoms with Gasteiger partial charge >= 0.3 is 5.97 Å². The zero-order chi connectivity index (χ0) is 11.0. The molecule has 0 heterocycles. The van der Waals surface area contributed by atoms with Gasteiger partial charge in [0.2, 0.25) is 0 Å². The van der Waals surface area contributed by atoms with Crippen molar-refractivity contribution in [2.75, 3.05) is 13.7 Å². The van der Waals surface area contributed by atoms with Gasteiger partial charge in [0.25, 0.3) is 0 Å². The topological polar surface area (TPSA) is 35.5 Å². The number of hydrogen-bond acceptors (Lipinski definition) is 3. The molecule has 0 spiro atoms. The molecule has 0 N–H and O–H groups in total. The molecule has 1 atom stereocenters. The van der Waals surface area contributed by atoms with Gasteiger partial charge in [-0.1, -0.05) is 13.8 Å². The van der Waals surface area contributed by atoms with Crippen LogP contribution in [0.3, 0.4) is 0 Å². The zero-order valence-corrected chi connectivity index (χ0v) is 9.71. The molecule has 0 aliphatic rings. The standard InChI is InChI=1S/C11H22O3/c1-9(2)8-10(3)14-7-5-6-11(12)13-4/h9-10H,5-8H2,1-4H3. The summed E-state index contributed by atoms with van der Waals surface area (Å²) in [5, 5.41) is 0. The SMILES string of the molecule is COC(=O)CCCOC(C)CC(C)C. The number of esters is 1. The number of hydrogen-bond donors (Lipinski definition) is 0. The lowest BCUT2D eigenvalue weighted by molar-refractivity contribution is -0.141. The van der Waals surface area contributed by atoms with Gasteiger partial charge in [-0.25, -0.2) is 0 Å². The monoisotopic (exact) mass is 202 g/mol. The molecule has 0 fully saturated rings. The molecule has 84 valence electrons. The maximum absolute atomic E-state index is 10.8. The van der Waals surface area contributed by atoms with Gasteiger partial charge in [-0.2, -0.15) is 0 Å². The van der Waals surface area contributed by atoms with Crippen molar-refractivity contribution in [3.05, 3.63) is 0 Å². The minimum absolute atomic E-state index is 0.162. The summed E-state index contributed by atoms with van der Waals surface area (Å²) in [4.78, 5) is 10.8. The average Bonchev–Trinajstić information content (AvgIpc) is 2.10. The lowest BCUT2D eigenvalue weighted by Gasteiger charge is -2.14. The Labute approximate surface area is 86.8 Å². The third-order valence-corrected chi connectivity index (χ3v) is 1.96. The van der Waals surface area contributed by atoms with Gasteiger partial charge in [-0.3, -0.25) is 4.79 Å². The number of methoxy groups -OCH3 is 1. The van der Waals surface area contributed by atoms with Crippen molar-refractivity contribution in [3.8, 4) is 0 Å². The summed E-state index contributed by atoms with van der Waals surface area (Å²) < 4.78 is 10.1. The molecule has 0 amide bonds. The van der Waals surface area contributed by atoms with Crippen LogP contribution in [0.25, 0.3) is 0 Å². The van der Waals surface area contributed by atoms with E-state index in [1.165, 1.54) is 7.11 Å². The van der Waals surface area contributed by atoms with E-state index >= 15 is 0 Å². The summed E-state index contributed by atoms with van der Waals surface area (Å²) in [6.07, 6.45) is 2.55. The summed E-state index contributed by atoms with van der Waals surface area (Å²) in [6, 6.07) is 0. The second-order valence-corrected chi connectivity index (χ2v) is 3.99. The lowest BCUT2D eigenvalue weighted by Crippen LogP contribution is -2.13. The largest absolute Gasteiger partial charge is 0.469 e. The molecule has 0 aromatic heterocycles. The molecule has 1 unspecified atom stereocenters. The van der Waals surface area contributed by atoms with E-state index in [2.05, 4.69) is 25.5 Å². The first-order valence-corrected chi connectivity index (χ1v) is 5.24. The first-order valence-electron chi connectivity index (χ1n) is 5.24. The van der Waals surface area contributed by atoms with E-state index in [0.717, 1.165) is 12.8 Å². The van der Waals surface area contributed by atoms with E-state index in [1.807, 2.05) is 0 Å². The number of carbonyl (C=O) groups is 1. The molecule has 0 aromatic rings. The first kappa shape index (κ1) is 13.4. The molecular formula is C11H22O3. The molecular weight excluding hydrogens is 180 g/mol. The second-order valence-electron chi connectivity index (χ2n) is 3.99. The Kier molecular flexibility index (Phi) is 7.48. The Morgan fingerprint density at radius 3 is 2.43 bits per heavy atom. The molecule has 0 radical (unpaired) electrons. The quantitative estimate of drug-likeness (QED) is 0.469. The third-order valence-electron chi connectivity index (χ3n) is 1.96. The highest BCUT2D eigenvalue weighted by Crippen LogP contribution is 2.08. The highest BCUT2D eigenvalue weighted by atomic mass is 16.5.